The van der Waals surface area contributed by atoms with Crippen LogP contribution in [0.15, 0.2) is 60.7 Å². The fourth-order valence-electron chi connectivity index (χ4n) is 4.85. The van der Waals surface area contributed by atoms with Gasteiger partial charge in [0.05, 0.1) is 14.2 Å². The van der Waals surface area contributed by atoms with Crippen LogP contribution >= 0.6 is 0 Å². The van der Waals surface area contributed by atoms with Gasteiger partial charge in [-0.1, -0.05) is 36.4 Å². The number of esters is 1. The predicted molar refractivity (Wildman–Crippen MR) is 154 cm³/mol. The number of ether oxygens (including phenoxy) is 3. The lowest BCUT2D eigenvalue weighted by atomic mass is 9.93. The van der Waals surface area contributed by atoms with Gasteiger partial charge in [-0.25, -0.2) is 9.59 Å². The summed E-state index contributed by atoms with van der Waals surface area (Å²) in [6, 6.07) is 12.6. The molecule has 0 unspecified atom stereocenters. The third-order valence-electron chi connectivity index (χ3n) is 7.08. The molecule has 0 aliphatic carbocycles. The number of phenols is 2. The van der Waals surface area contributed by atoms with Crippen LogP contribution in [0, 0.1) is 0 Å². The first-order valence-electron chi connectivity index (χ1n) is 13.4. The van der Waals surface area contributed by atoms with E-state index in [-0.39, 0.29) is 47.0 Å². The molecule has 0 saturated carbocycles. The summed E-state index contributed by atoms with van der Waals surface area (Å²) in [5.74, 6) is -2.63. The molecular weight excluding hydrogens is 558 g/mol. The molecule has 3 atom stereocenters. The van der Waals surface area contributed by atoms with Gasteiger partial charge in [0.2, 0.25) is 11.8 Å². The maximum absolute atomic E-state index is 13.7. The molecule has 0 fully saturated rings. The minimum atomic E-state index is -1.32. The van der Waals surface area contributed by atoms with Crippen LogP contribution in [0.5, 0.6) is 17.2 Å². The van der Waals surface area contributed by atoms with Crippen molar-refractivity contribution in [3.8, 4) is 28.4 Å². The van der Waals surface area contributed by atoms with Crippen molar-refractivity contribution in [3.63, 3.8) is 0 Å². The summed E-state index contributed by atoms with van der Waals surface area (Å²) >= 11 is 0. The molecule has 0 radical (unpaired) electrons. The molecule has 12 nitrogen and oxygen atoms in total. The Labute approximate surface area is 248 Å². The van der Waals surface area contributed by atoms with Crippen molar-refractivity contribution in [3.05, 3.63) is 77.4 Å². The summed E-state index contributed by atoms with van der Waals surface area (Å²) in [5.41, 5.74) is 1.85. The van der Waals surface area contributed by atoms with E-state index in [0.717, 1.165) is 10.5 Å². The molecule has 4 bridgehead atoms. The third-order valence-corrected chi connectivity index (χ3v) is 7.08. The van der Waals surface area contributed by atoms with E-state index in [4.69, 9.17) is 14.2 Å². The first kappa shape index (κ1) is 30.7. The Balaban J connectivity index is 1.83. The summed E-state index contributed by atoms with van der Waals surface area (Å²) in [6.07, 6.45) is -0.900. The highest BCUT2D eigenvalue weighted by molar-refractivity contribution is 5.94. The van der Waals surface area contributed by atoms with Gasteiger partial charge in [-0.05, 0) is 47.9 Å². The van der Waals surface area contributed by atoms with E-state index < -0.39 is 42.0 Å². The van der Waals surface area contributed by atoms with Gasteiger partial charge in [-0.2, -0.15) is 0 Å². The van der Waals surface area contributed by atoms with Gasteiger partial charge in [0.1, 0.15) is 30.5 Å². The van der Waals surface area contributed by atoms with Crippen molar-refractivity contribution in [2.24, 2.45) is 0 Å². The van der Waals surface area contributed by atoms with E-state index in [1.807, 2.05) is 6.07 Å². The number of fused-ring (bicyclic) bond motifs is 5. The second-order valence-electron chi connectivity index (χ2n) is 10.0. The zero-order valence-corrected chi connectivity index (χ0v) is 24.1. The Morgan fingerprint density at radius 2 is 1.65 bits per heavy atom. The predicted octanol–water partition coefficient (Wildman–Crippen LogP) is 2.80. The van der Waals surface area contributed by atoms with Crippen LogP contribution in [-0.2, 0) is 36.9 Å². The third kappa shape index (κ3) is 6.80. The van der Waals surface area contributed by atoms with Gasteiger partial charge in [0.15, 0.2) is 11.5 Å². The van der Waals surface area contributed by atoms with Crippen LogP contribution in [0.4, 0.5) is 4.79 Å². The van der Waals surface area contributed by atoms with Gasteiger partial charge in [0, 0.05) is 24.6 Å². The van der Waals surface area contributed by atoms with E-state index in [2.05, 4.69) is 10.6 Å². The molecule has 0 aromatic heterocycles. The van der Waals surface area contributed by atoms with E-state index in [1.54, 1.807) is 30.3 Å². The van der Waals surface area contributed by atoms with Gasteiger partial charge in [-0.3, -0.25) is 14.5 Å². The number of likely N-dealkylation sites (N-methyl/N-ethyl adjacent to an activating group) is 1. The molecule has 43 heavy (non-hydrogen) atoms. The highest BCUT2D eigenvalue weighted by atomic mass is 16.6. The first-order valence-corrected chi connectivity index (χ1v) is 13.4. The zero-order valence-electron chi connectivity index (χ0n) is 24.1. The number of phenolic OH excluding ortho intramolecular Hbond substituents is 2. The Bertz CT molecular complexity index is 1530. The summed E-state index contributed by atoms with van der Waals surface area (Å²) in [7, 11) is 3.88. The molecule has 1 aliphatic heterocycles. The minimum Gasteiger partial charge on any atom is -0.507 e. The molecule has 3 amide bonds. The largest absolute Gasteiger partial charge is 0.507 e. The molecule has 3 aromatic rings. The number of nitrogens with one attached hydrogen (secondary N) is 2. The maximum Gasteiger partial charge on any atom is 0.410 e. The van der Waals surface area contributed by atoms with Crippen LogP contribution < -0.4 is 15.4 Å². The minimum absolute atomic E-state index is 0.0206. The van der Waals surface area contributed by atoms with E-state index in [1.165, 1.54) is 52.5 Å². The van der Waals surface area contributed by atoms with Crippen molar-refractivity contribution in [1.82, 2.24) is 15.5 Å². The Kier molecular flexibility index (Phi) is 9.39. The second-order valence-corrected chi connectivity index (χ2v) is 10.0. The van der Waals surface area contributed by atoms with Crippen molar-refractivity contribution < 1.29 is 43.6 Å². The highest BCUT2D eigenvalue weighted by Gasteiger charge is 2.34. The van der Waals surface area contributed by atoms with E-state index in [9.17, 15) is 29.4 Å². The number of methoxy groups -OCH3 is 2. The molecule has 1 aliphatic rings. The molecule has 12 heteroatoms. The van der Waals surface area contributed by atoms with Crippen LogP contribution in [0.2, 0.25) is 0 Å². The van der Waals surface area contributed by atoms with Crippen LogP contribution in [-0.4, -0.2) is 72.3 Å². The van der Waals surface area contributed by atoms with Gasteiger partial charge >= 0.3 is 12.1 Å². The molecule has 1 heterocycles. The number of benzene rings is 3. The van der Waals surface area contributed by atoms with Gasteiger partial charge in [-0.15, -0.1) is 0 Å². The lowest BCUT2D eigenvalue weighted by molar-refractivity contribution is -0.145. The second kappa shape index (κ2) is 13.1. The van der Waals surface area contributed by atoms with Crippen LogP contribution in [0.3, 0.4) is 0 Å². The number of hydrogen-bond donors (Lipinski definition) is 4. The molecule has 0 saturated heterocycles. The van der Waals surface area contributed by atoms with Gasteiger partial charge in [0.25, 0.3) is 0 Å². The molecule has 0 spiro atoms. The van der Waals surface area contributed by atoms with Crippen LogP contribution in [0.1, 0.15) is 29.7 Å². The quantitative estimate of drug-likeness (QED) is 0.327. The van der Waals surface area contributed by atoms with Crippen molar-refractivity contribution >= 4 is 23.9 Å². The maximum atomic E-state index is 13.7. The first-order chi connectivity index (χ1) is 20.5. The summed E-state index contributed by atoms with van der Waals surface area (Å²) < 4.78 is 15.8. The summed E-state index contributed by atoms with van der Waals surface area (Å²) in [6.45, 7) is 1.38. The molecule has 4 rings (SSSR count). The number of rotatable bonds is 5. The molecular formula is C31H33N3O9. The Morgan fingerprint density at radius 1 is 0.930 bits per heavy atom. The van der Waals surface area contributed by atoms with Crippen molar-refractivity contribution in [2.45, 2.75) is 38.1 Å². The normalized spacial score (nSPS) is 18.4. The zero-order chi connectivity index (χ0) is 31.3. The average Bonchev–Trinajstić information content (AvgIpc) is 2.99. The SMILES string of the molecule is COC(=O)[C@@H]1Cc2cc(O)c(OC)c(c2)-c2cc(ccc2O)[C@H](N(C)C(=O)OCc2ccccc2)C(=O)N[C@H](C)C(=O)N1. The number of carbonyl (C=O) groups is 4. The van der Waals surface area contributed by atoms with Crippen molar-refractivity contribution in [1.29, 1.82) is 0 Å². The number of nitrogens with zero attached hydrogens (tertiary/aromatic N) is 1. The lowest BCUT2D eigenvalue weighted by Gasteiger charge is -2.29. The lowest BCUT2D eigenvalue weighted by Crippen LogP contribution is -2.53. The van der Waals surface area contributed by atoms with Crippen LogP contribution in [0.25, 0.3) is 11.1 Å². The standard InChI is InChI=1S/C31H33N3O9/c1-17-28(37)33-23(30(39)42-4)13-19-12-22(27(41-3)25(36)14-19)21-15-20(10-11-24(21)35)26(29(38)32-17)34(2)31(40)43-16-18-8-6-5-7-9-18/h5-12,14-15,17,23,26,35-36H,13,16H2,1-4H3,(H,32,38)(H,33,37)/t17-,23+,26+/m1/s1. The average molecular weight is 592 g/mol. The summed E-state index contributed by atoms with van der Waals surface area (Å²) in [4.78, 5) is 53.7. The molecule has 226 valence electrons. The Hall–Kier alpha value is -5.26. The highest BCUT2D eigenvalue weighted by Crippen LogP contribution is 2.43. The van der Waals surface area contributed by atoms with Gasteiger partial charge < -0.3 is 35.1 Å². The molecule has 4 N–H and O–H groups in total. The fraction of sp³-hybridized carbons (Fsp3) is 0.290. The number of carbonyl (C=O) groups excluding carboxylic acids is 4. The number of amides is 3. The monoisotopic (exact) mass is 591 g/mol. The Morgan fingerprint density at radius 3 is 2.33 bits per heavy atom. The number of aromatic hydroxyl groups is 2. The van der Waals surface area contributed by atoms with Crippen molar-refractivity contribution in [2.75, 3.05) is 21.3 Å². The fourth-order valence-corrected chi connectivity index (χ4v) is 4.85. The topological polar surface area (TPSA) is 164 Å². The van der Waals surface area contributed by atoms with E-state index in [0.29, 0.717) is 5.56 Å². The van der Waals surface area contributed by atoms with E-state index >= 15 is 0 Å². The smallest absolute Gasteiger partial charge is 0.410 e. The molecule has 3 aromatic carbocycles. The number of hydrogen-bond acceptors (Lipinski definition) is 9. The summed E-state index contributed by atoms with van der Waals surface area (Å²) in [5, 5.41) is 26.9.